The van der Waals surface area contributed by atoms with Crippen molar-refractivity contribution >= 4 is 11.8 Å². The van der Waals surface area contributed by atoms with Crippen molar-refractivity contribution in [3.8, 4) is 0 Å². The van der Waals surface area contributed by atoms with E-state index >= 15 is 0 Å². The number of aromatic nitrogens is 1. The topological polar surface area (TPSA) is 38.9 Å². The third kappa shape index (κ3) is 2.49. The number of thioether (sulfide) groups is 1. The normalized spacial score (nSPS) is 26.3. The Bertz CT molecular complexity index is 428. The van der Waals surface area contributed by atoms with E-state index < -0.39 is 17.8 Å². The fraction of sp³-hybridized carbons (Fsp3) is 0.583. The van der Waals surface area contributed by atoms with Gasteiger partial charge >= 0.3 is 6.18 Å². The maximum atomic E-state index is 12.9. The molecule has 0 saturated carbocycles. The summed E-state index contributed by atoms with van der Waals surface area (Å²) in [5.74, 6) is 0.950. The fourth-order valence-corrected chi connectivity index (χ4v) is 3.64. The Morgan fingerprint density at radius 1 is 1.50 bits per heavy atom. The van der Waals surface area contributed by atoms with Crippen LogP contribution < -0.4 is 5.73 Å². The van der Waals surface area contributed by atoms with Crippen LogP contribution in [0, 0.1) is 0 Å². The monoisotopic (exact) mass is 276 g/mol. The van der Waals surface area contributed by atoms with Crippen LogP contribution in [0.2, 0.25) is 0 Å². The van der Waals surface area contributed by atoms with Gasteiger partial charge in [0.15, 0.2) is 0 Å². The molecule has 0 radical (unpaired) electrons. The van der Waals surface area contributed by atoms with Gasteiger partial charge in [-0.15, -0.1) is 0 Å². The summed E-state index contributed by atoms with van der Waals surface area (Å²) < 4.78 is 38.5. The lowest BCUT2D eigenvalue weighted by Crippen LogP contribution is -2.34. The highest BCUT2D eigenvalue weighted by Gasteiger charge is 2.41. The largest absolute Gasteiger partial charge is 0.416 e. The van der Waals surface area contributed by atoms with Gasteiger partial charge in [0.25, 0.3) is 0 Å². The first kappa shape index (κ1) is 13.7. The third-order valence-electron chi connectivity index (χ3n) is 3.40. The maximum Gasteiger partial charge on any atom is 0.416 e. The number of hydrogen-bond donors (Lipinski definition) is 1. The molecule has 0 bridgehead atoms. The van der Waals surface area contributed by atoms with Gasteiger partial charge < -0.3 is 5.73 Å². The molecule has 1 saturated heterocycles. The quantitative estimate of drug-likeness (QED) is 0.900. The van der Waals surface area contributed by atoms with Crippen molar-refractivity contribution in [2.75, 3.05) is 5.75 Å². The molecule has 1 fully saturated rings. The molecule has 1 aliphatic rings. The minimum atomic E-state index is -4.38. The first-order chi connectivity index (χ1) is 8.34. The standard InChI is InChI=1S/C12H15F3N2S/c1-11(4-2-6-18-11)10(16)8-7-17-5-3-9(8)12(13,14)15/h3,5,7,10H,2,4,6,16H2,1H3. The highest BCUT2D eigenvalue weighted by atomic mass is 32.2. The lowest BCUT2D eigenvalue weighted by Gasteiger charge is -2.31. The Hall–Kier alpha value is -0.750. The summed E-state index contributed by atoms with van der Waals surface area (Å²) in [5, 5.41) is 0. The SMILES string of the molecule is CC1(C(N)c2cnccc2C(F)(F)F)CCCS1. The molecule has 1 aromatic heterocycles. The van der Waals surface area contributed by atoms with E-state index in [1.165, 1.54) is 6.20 Å². The highest BCUT2D eigenvalue weighted by Crippen LogP contribution is 2.47. The fourth-order valence-electron chi connectivity index (χ4n) is 2.29. The Morgan fingerprint density at radius 3 is 2.78 bits per heavy atom. The lowest BCUT2D eigenvalue weighted by atomic mass is 9.89. The van der Waals surface area contributed by atoms with Gasteiger partial charge in [-0.2, -0.15) is 24.9 Å². The summed E-state index contributed by atoms with van der Waals surface area (Å²) >= 11 is 1.65. The Balaban J connectivity index is 2.39. The van der Waals surface area contributed by atoms with Gasteiger partial charge in [0, 0.05) is 28.7 Å². The molecule has 0 aliphatic carbocycles. The molecular weight excluding hydrogens is 261 g/mol. The van der Waals surface area contributed by atoms with Crippen LogP contribution >= 0.6 is 11.8 Å². The highest BCUT2D eigenvalue weighted by molar-refractivity contribution is 8.00. The summed E-state index contributed by atoms with van der Waals surface area (Å²) in [5.41, 5.74) is 5.50. The molecule has 18 heavy (non-hydrogen) atoms. The molecule has 2 atom stereocenters. The predicted molar refractivity (Wildman–Crippen MR) is 66.3 cm³/mol. The van der Waals surface area contributed by atoms with E-state index in [4.69, 9.17) is 5.73 Å². The van der Waals surface area contributed by atoms with Crippen molar-refractivity contribution in [3.05, 3.63) is 29.6 Å². The molecular formula is C12H15F3N2S. The average Bonchev–Trinajstić information content (AvgIpc) is 2.75. The molecule has 6 heteroatoms. The van der Waals surface area contributed by atoms with Crippen molar-refractivity contribution in [3.63, 3.8) is 0 Å². The van der Waals surface area contributed by atoms with E-state index in [0.717, 1.165) is 30.9 Å². The second-order valence-corrected chi connectivity index (χ2v) is 6.33. The number of hydrogen-bond acceptors (Lipinski definition) is 3. The van der Waals surface area contributed by atoms with Crippen molar-refractivity contribution in [2.45, 2.75) is 36.7 Å². The first-order valence-corrected chi connectivity index (χ1v) is 6.74. The molecule has 1 aliphatic heterocycles. The number of halogens is 3. The van der Waals surface area contributed by atoms with Crippen LogP contribution in [0.5, 0.6) is 0 Å². The van der Waals surface area contributed by atoms with Crippen molar-refractivity contribution < 1.29 is 13.2 Å². The van der Waals surface area contributed by atoms with E-state index in [2.05, 4.69) is 4.98 Å². The Morgan fingerprint density at radius 2 is 2.22 bits per heavy atom. The summed E-state index contributed by atoms with van der Waals surface area (Å²) in [6.45, 7) is 1.93. The molecule has 0 amide bonds. The molecule has 2 N–H and O–H groups in total. The smallest absolute Gasteiger partial charge is 0.323 e. The minimum absolute atomic E-state index is 0.0990. The van der Waals surface area contributed by atoms with Crippen molar-refractivity contribution in [2.24, 2.45) is 5.73 Å². The van der Waals surface area contributed by atoms with E-state index in [9.17, 15) is 13.2 Å². The van der Waals surface area contributed by atoms with Crippen molar-refractivity contribution in [1.29, 1.82) is 0 Å². The first-order valence-electron chi connectivity index (χ1n) is 5.75. The predicted octanol–water partition coefficient (Wildman–Crippen LogP) is 3.39. The van der Waals surface area contributed by atoms with E-state index in [0.29, 0.717) is 0 Å². The Labute approximate surface area is 108 Å². The third-order valence-corrected chi connectivity index (χ3v) is 5.01. The van der Waals surface area contributed by atoms with Gasteiger partial charge in [-0.05, 0) is 31.6 Å². The van der Waals surface area contributed by atoms with Crippen LogP contribution in [0.25, 0.3) is 0 Å². The van der Waals surface area contributed by atoms with Crippen LogP contribution in [0.1, 0.15) is 36.9 Å². The molecule has 0 aromatic carbocycles. The summed E-state index contributed by atoms with van der Waals surface area (Å²) in [6, 6.07) is 0.355. The van der Waals surface area contributed by atoms with Gasteiger partial charge in [0.05, 0.1) is 5.56 Å². The van der Waals surface area contributed by atoms with Crippen LogP contribution in [-0.4, -0.2) is 15.5 Å². The second kappa shape index (κ2) is 4.74. The second-order valence-electron chi connectivity index (χ2n) is 4.70. The van der Waals surface area contributed by atoms with Gasteiger partial charge in [-0.25, -0.2) is 0 Å². The number of alkyl halides is 3. The average molecular weight is 276 g/mol. The number of nitrogens with two attached hydrogens (primary N) is 1. The van der Waals surface area contributed by atoms with Gasteiger partial charge in [-0.1, -0.05) is 0 Å². The molecule has 2 heterocycles. The Kier molecular flexibility index (Phi) is 3.60. The lowest BCUT2D eigenvalue weighted by molar-refractivity contribution is -0.138. The maximum absolute atomic E-state index is 12.9. The molecule has 2 rings (SSSR count). The molecule has 0 spiro atoms. The zero-order chi connectivity index (χ0) is 13.4. The summed E-state index contributed by atoms with van der Waals surface area (Å²) in [4.78, 5) is 3.79. The van der Waals surface area contributed by atoms with Crippen LogP contribution in [0.4, 0.5) is 13.2 Å². The van der Waals surface area contributed by atoms with Crippen LogP contribution in [0.15, 0.2) is 18.5 Å². The summed E-state index contributed by atoms with van der Waals surface area (Å²) in [6.07, 6.45) is -0.141. The molecule has 2 nitrogen and oxygen atoms in total. The number of rotatable bonds is 2. The van der Waals surface area contributed by atoms with Gasteiger partial charge in [0.2, 0.25) is 0 Å². The zero-order valence-electron chi connectivity index (χ0n) is 10.00. The van der Waals surface area contributed by atoms with Crippen LogP contribution in [-0.2, 0) is 6.18 Å². The van der Waals surface area contributed by atoms with Gasteiger partial charge in [-0.3, -0.25) is 4.98 Å². The van der Waals surface area contributed by atoms with Gasteiger partial charge in [0.1, 0.15) is 0 Å². The molecule has 100 valence electrons. The molecule has 1 aromatic rings. The van der Waals surface area contributed by atoms with Crippen LogP contribution in [0.3, 0.4) is 0 Å². The van der Waals surface area contributed by atoms with E-state index in [1.807, 2.05) is 6.92 Å². The van der Waals surface area contributed by atoms with E-state index in [-0.39, 0.29) is 10.3 Å². The summed E-state index contributed by atoms with van der Waals surface area (Å²) in [7, 11) is 0. The number of nitrogens with zero attached hydrogens (tertiary/aromatic N) is 1. The molecule has 2 unspecified atom stereocenters. The number of pyridine rings is 1. The van der Waals surface area contributed by atoms with E-state index in [1.54, 1.807) is 11.8 Å². The van der Waals surface area contributed by atoms with Crippen molar-refractivity contribution in [1.82, 2.24) is 4.98 Å². The zero-order valence-corrected chi connectivity index (χ0v) is 10.8. The minimum Gasteiger partial charge on any atom is -0.323 e.